The first-order valence-electron chi connectivity index (χ1n) is 6.88. The van der Waals surface area contributed by atoms with Gasteiger partial charge in [0, 0.05) is 11.1 Å². The van der Waals surface area contributed by atoms with Gasteiger partial charge in [0.1, 0.15) is 0 Å². The molecular formula is C16H16ClNO2S. The van der Waals surface area contributed by atoms with E-state index in [1.807, 2.05) is 31.2 Å². The fourth-order valence-corrected chi connectivity index (χ4v) is 4.59. The van der Waals surface area contributed by atoms with Crippen LogP contribution < -0.4 is 4.31 Å². The zero-order valence-corrected chi connectivity index (χ0v) is 13.2. The molecule has 1 atom stereocenters. The van der Waals surface area contributed by atoms with Gasteiger partial charge in [-0.2, -0.15) is 0 Å². The van der Waals surface area contributed by atoms with Crippen molar-refractivity contribution >= 4 is 27.3 Å². The lowest BCUT2D eigenvalue weighted by molar-refractivity contribution is 0.563. The summed E-state index contributed by atoms with van der Waals surface area (Å²) in [5, 5.41) is 0.529. The van der Waals surface area contributed by atoms with Crippen LogP contribution in [0.5, 0.6) is 0 Å². The van der Waals surface area contributed by atoms with Crippen LogP contribution in [-0.4, -0.2) is 14.5 Å². The summed E-state index contributed by atoms with van der Waals surface area (Å²) in [5.74, 6) is 0. The molecule has 0 aliphatic carbocycles. The van der Waals surface area contributed by atoms with Crippen LogP contribution in [-0.2, 0) is 16.4 Å². The molecule has 0 spiro atoms. The first-order valence-corrected chi connectivity index (χ1v) is 8.70. The van der Waals surface area contributed by atoms with Gasteiger partial charge in [0.05, 0.1) is 10.6 Å². The van der Waals surface area contributed by atoms with Gasteiger partial charge in [0.15, 0.2) is 0 Å². The molecular weight excluding hydrogens is 306 g/mol. The average molecular weight is 322 g/mol. The van der Waals surface area contributed by atoms with Crippen LogP contribution >= 0.6 is 11.6 Å². The summed E-state index contributed by atoms with van der Waals surface area (Å²) in [6, 6.07) is 14.0. The molecule has 2 aromatic rings. The van der Waals surface area contributed by atoms with Crippen molar-refractivity contribution in [1.29, 1.82) is 0 Å². The molecule has 0 saturated heterocycles. The third-order valence-electron chi connectivity index (χ3n) is 3.83. The minimum Gasteiger partial charge on any atom is -0.263 e. The van der Waals surface area contributed by atoms with Gasteiger partial charge < -0.3 is 0 Å². The molecule has 0 fully saturated rings. The van der Waals surface area contributed by atoms with E-state index in [0.717, 1.165) is 24.1 Å². The van der Waals surface area contributed by atoms with Crippen molar-refractivity contribution in [3.8, 4) is 0 Å². The van der Waals surface area contributed by atoms with E-state index in [2.05, 4.69) is 0 Å². The van der Waals surface area contributed by atoms with Crippen molar-refractivity contribution in [3.63, 3.8) is 0 Å². The summed E-state index contributed by atoms with van der Waals surface area (Å²) >= 11 is 5.85. The number of hydrogen-bond donors (Lipinski definition) is 0. The van der Waals surface area contributed by atoms with Crippen molar-refractivity contribution in [2.45, 2.75) is 30.7 Å². The second kappa shape index (κ2) is 5.35. The summed E-state index contributed by atoms with van der Waals surface area (Å²) in [6.07, 6.45) is 1.73. The molecule has 0 unspecified atom stereocenters. The van der Waals surface area contributed by atoms with Gasteiger partial charge in [-0.05, 0) is 55.7 Å². The zero-order chi connectivity index (χ0) is 15.0. The quantitative estimate of drug-likeness (QED) is 0.842. The van der Waals surface area contributed by atoms with Crippen molar-refractivity contribution in [1.82, 2.24) is 0 Å². The summed E-state index contributed by atoms with van der Waals surface area (Å²) in [5.41, 5.74) is 1.86. The fraction of sp³-hybridized carbons (Fsp3) is 0.250. The van der Waals surface area contributed by atoms with Gasteiger partial charge in [0.25, 0.3) is 10.0 Å². The fourth-order valence-electron chi connectivity index (χ4n) is 2.74. The highest BCUT2D eigenvalue weighted by Gasteiger charge is 2.33. The molecule has 0 saturated carbocycles. The van der Waals surface area contributed by atoms with Gasteiger partial charge in [-0.3, -0.25) is 4.31 Å². The maximum absolute atomic E-state index is 13.0. The number of nitrogens with zero attached hydrogens (tertiary/aromatic N) is 1. The van der Waals surface area contributed by atoms with E-state index >= 15 is 0 Å². The van der Waals surface area contributed by atoms with E-state index < -0.39 is 10.0 Å². The summed E-state index contributed by atoms with van der Waals surface area (Å²) in [7, 11) is -3.57. The number of halogens is 1. The van der Waals surface area contributed by atoms with E-state index in [-0.39, 0.29) is 10.9 Å². The molecule has 0 N–H and O–H groups in total. The molecule has 1 aliphatic heterocycles. The SMILES string of the molecule is C[C@@H]1CCc2ccccc2N1S(=O)(=O)c1ccc(Cl)cc1. The second-order valence-electron chi connectivity index (χ2n) is 5.27. The number of hydrogen-bond acceptors (Lipinski definition) is 2. The van der Waals surface area contributed by atoms with Crippen molar-refractivity contribution < 1.29 is 8.42 Å². The first kappa shape index (κ1) is 14.4. The highest BCUT2D eigenvalue weighted by Crippen LogP contribution is 2.35. The molecule has 3 rings (SSSR count). The number of benzene rings is 2. The molecule has 2 aromatic carbocycles. The lowest BCUT2D eigenvalue weighted by atomic mass is 9.99. The Labute approximate surface area is 130 Å². The van der Waals surface area contributed by atoms with E-state index in [4.69, 9.17) is 11.6 Å². The Balaban J connectivity index is 2.12. The van der Waals surface area contributed by atoms with Crippen LogP contribution in [0.4, 0.5) is 5.69 Å². The van der Waals surface area contributed by atoms with Gasteiger partial charge in [0.2, 0.25) is 0 Å². The molecule has 0 radical (unpaired) electrons. The van der Waals surface area contributed by atoms with Crippen LogP contribution in [0.25, 0.3) is 0 Å². The van der Waals surface area contributed by atoms with Crippen LogP contribution in [0, 0.1) is 0 Å². The number of fused-ring (bicyclic) bond motifs is 1. The minimum atomic E-state index is -3.57. The molecule has 110 valence electrons. The number of para-hydroxylation sites is 1. The summed E-state index contributed by atoms with van der Waals surface area (Å²) in [6.45, 7) is 1.95. The predicted octanol–water partition coefficient (Wildman–Crippen LogP) is 3.87. The Hall–Kier alpha value is -1.52. The van der Waals surface area contributed by atoms with Gasteiger partial charge in [-0.15, -0.1) is 0 Å². The lowest BCUT2D eigenvalue weighted by Crippen LogP contribution is -2.42. The zero-order valence-electron chi connectivity index (χ0n) is 11.7. The number of aryl methyl sites for hydroxylation is 1. The van der Waals surface area contributed by atoms with Crippen molar-refractivity contribution in [2.24, 2.45) is 0 Å². The third-order valence-corrected chi connectivity index (χ3v) is 6.03. The molecule has 21 heavy (non-hydrogen) atoms. The minimum absolute atomic E-state index is 0.0550. The molecule has 0 aromatic heterocycles. The standard InChI is InChI=1S/C16H16ClNO2S/c1-12-6-7-13-4-2-3-5-16(13)18(12)21(19,20)15-10-8-14(17)9-11-15/h2-5,8-12H,6-7H2,1H3/t12-/m1/s1. The highest BCUT2D eigenvalue weighted by atomic mass is 35.5. The first-order chi connectivity index (χ1) is 10.00. The smallest absolute Gasteiger partial charge is 0.263 e. The third kappa shape index (κ3) is 2.54. The van der Waals surface area contributed by atoms with E-state index in [1.165, 1.54) is 4.31 Å². The van der Waals surface area contributed by atoms with Crippen molar-refractivity contribution in [2.75, 3.05) is 4.31 Å². The molecule has 1 aliphatic rings. The summed E-state index contributed by atoms with van der Waals surface area (Å²) in [4.78, 5) is 0.274. The molecule has 0 amide bonds. The van der Waals surface area contributed by atoms with Gasteiger partial charge in [-0.25, -0.2) is 8.42 Å². The number of sulfonamides is 1. The lowest BCUT2D eigenvalue weighted by Gasteiger charge is -2.36. The normalized spacial score (nSPS) is 18.4. The largest absolute Gasteiger partial charge is 0.264 e. The monoisotopic (exact) mass is 321 g/mol. The van der Waals surface area contributed by atoms with Crippen LogP contribution in [0.3, 0.4) is 0 Å². The van der Waals surface area contributed by atoms with Crippen LogP contribution in [0.2, 0.25) is 5.02 Å². The molecule has 5 heteroatoms. The Morgan fingerprint density at radius 2 is 1.76 bits per heavy atom. The maximum atomic E-state index is 13.0. The highest BCUT2D eigenvalue weighted by molar-refractivity contribution is 7.92. The summed E-state index contributed by atoms with van der Waals surface area (Å²) < 4.78 is 27.4. The Kier molecular flexibility index (Phi) is 3.68. The predicted molar refractivity (Wildman–Crippen MR) is 85.3 cm³/mol. The molecule has 3 nitrogen and oxygen atoms in total. The van der Waals surface area contributed by atoms with E-state index in [9.17, 15) is 8.42 Å². The molecule has 0 bridgehead atoms. The van der Waals surface area contributed by atoms with E-state index in [1.54, 1.807) is 24.3 Å². The maximum Gasteiger partial charge on any atom is 0.264 e. The topological polar surface area (TPSA) is 37.4 Å². The van der Waals surface area contributed by atoms with E-state index in [0.29, 0.717) is 5.02 Å². The molecule has 1 heterocycles. The van der Waals surface area contributed by atoms with Gasteiger partial charge >= 0.3 is 0 Å². The number of rotatable bonds is 2. The van der Waals surface area contributed by atoms with Gasteiger partial charge in [-0.1, -0.05) is 29.8 Å². The Morgan fingerprint density at radius 1 is 1.10 bits per heavy atom. The van der Waals surface area contributed by atoms with Crippen molar-refractivity contribution in [3.05, 3.63) is 59.1 Å². The van der Waals surface area contributed by atoms with Crippen LogP contribution in [0.1, 0.15) is 18.9 Å². The second-order valence-corrected chi connectivity index (χ2v) is 7.52. The average Bonchev–Trinajstić information content (AvgIpc) is 2.47. The number of anilines is 1. The van der Waals surface area contributed by atoms with Crippen LogP contribution in [0.15, 0.2) is 53.4 Å². The Bertz CT molecular complexity index is 756. The Morgan fingerprint density at radius 3 is 2.48 bits per heavy atom.